The highest BCUT2D eigenvalue weighted by atomic mass is 15.1. The van der Waals surface area contributed by atoms with Crippen LogP contribution in [-0.2, 0) is 6.54 Å². The van der Waals surface area contributed by atoms with Crippen LogP contribution in [0.2, 0.25) is 0 Å². The molecule has 3 heterocycles. The highest BCUT2D eigenvalue weighted by molar-refractivity contribution is 6.19. The van der Waals surface area contributed by atoms with E-state index in [1.165, 1.54) is 43.6 Å². The van der Waals surface area contributed by atoms with Crippen LogP contribution in [0.4, 0.5) is 0 Å². The summed E-state index contributed by atoms with van der Waals surface area (Å²) in [5.74, 6) is 0.771. The Morgan fingerprint density at radius 3 is 1.46 bits per heavy atom. The molecule has 12 aromatic rings. The first kappa shape index (κ1) is 36.4. The maximum Gasteiger partial charge on any atom is 0.135 e. The lowest BCUT2D eigenvalue weighted by Gasteiger charge is -2.12. The highest BCUT2D eigenvalue weighted by Crippen LogP contribution is 2.39. The van der Waals surface area contributed by atoms with Crippen molar-refractivity contribution < 1.29 is 0 Å². The topological polar surface area (TPSA) is 53.2 Å². The van der Waals surface area contributed by atoms with E-state index in [0.29, 0.717) is 12.2 Å². The minimum Gasteiger partial charge on any atom is -0.398 e. The Bertz CT molecular complexity index is 3700. The van der Waals surface area contributed by atoms with Crippen molar-refractivity contribution in [3.63, 3.8) is 0 Å². The molecule has 63 heavy (non-hydrogen) atoms. The molecule has 0 bridgehead atoms. The Labute approximate surface area is 364 Å². The number of nitrogens with two attached hydrogens (primary N) is 1. The van der Waals surface area contributed by atoms with E-state index in [-0.39, 0.29) is 0 Å². The fourth-order valence-corrected chi connectivity index (χ4v) is 9.57. The molecule has 0 amide bonds. The van der Waals surface area contributed by atoms with E-state index in [0.717, 1.165) is 61.3 Å². The van der Waals surface area contributed by atoms with Crippen molar-refractivity contribution in [3.05, 3.63) is 236 Å². The number of hydrogen-bond donors (Lipinski definition) is 1. The van der Waals surface area contributed by atoms with Crippen molar-refractivity contribution in [1.82, 2.24) is 13.7 Å². The molecule has 3 aromatic heterocycles. The molecule has 0 fully saturated rings. The average molecular weight is 808 g/mol. The molecule has 12 rings (SSSR count). The maximum absolute atomic E-state index is 6.94. The largest absolute Gasteiger partial charge is 0.398 e. The number of allylic oxidation sites excluding steroid dienone is 1. The summed E-state index contributed by atoms with van der Waals surface area (Å²) in [6.45, 7) is 0.504. The molecule has 2 N–H and O–H groups in total. The lowest BCUT2D eigenvalue weighted by molar-refractivity contribution is 1.04. The Balaban J connectivity index is 1.11. The first-order valence-electron chi connectivity index (χ1n) is 21.5. The van der Waals surface area contributed by atoms with Crippen molar-refractivity contribution in [2.24, 2.45) is 10.7 Å². The summed E-state index contributed by atoms with van der Waals surface area (Å²) in [6.07, 6.45) is 2.03. The second-order valence-electron chi connectivity index (χ2n) is 16.2. The highest BCUT2D eigenvalue weighted by Gasteiger charge is 2.20. The van der Waals surface area contributed by atoms with Crippen LogP contribution in [0.1, 0.15) is 11.1 Å². The van der Waals surface area contributed by atoms with Gasteiger partial charge in [-0.1, -0.05) is 146 Å². The zero-order valence-electron chi connectivity index (χ0n) is 34.4. The SMILES string of the molecule is N/C(=C\C(=N/Cc1ccccc1)n1c2ccc(-c3ccc4c(c3)c3ccccc3n4-c3ccccc3)cc2c2cc(-n3c4ccccc4c4ccccc43)ccc21)c1ccccc1. The van der Waals surface area contributed by atoms with Gasteiger partial charge >= 0.3 is 0 Å². The summed E-state index contributed by atoms with van der Waals surface area (Å²) in [6, 6.07) is 77.9. The molecule has 5 heteroatoms. The van der Waals surface area contributed by atoms with E-state index in [2.05, 4.69) is 196 Å². The Kier molecular flexibility index (Phi) is 8.64. The zero-order chi connectivity index (χ0) is 41.9. The van der Waals surface area contributed by atoms with E-state index in [1.54, 1.807) is 0 Å². The minimum absolute atomic E-state index is 0.504. The molecule has 0 unspecified atom stereocenters. The Morgan fingerprint density at radius 1 is 0.397 bits per heavy atom. The van der Waals surface area contributed by atoms with Crippen molar-refractivity contribution in [2.45, 2.75) is 6.54 Å². The zero-order valence-corrected chi connectivity index (χ0v) is 34.4. The predicted molar refractivity (Wildman–Crippen MR) is 265 cm³/mol. The summed E-state index contributed by atoms with van der Waals surface area (Å²) >= 11 is 0. The average Bonchev–Trinajstić information content (AvgIpc) is 3.98. The van der Waals surface area contributed by atoms with Gasteiger partial charge in [-0.25, -0.2) is 0 Å². The second-order valence-corrected chi connectivity index (χ2v) is 16.2. The number of para-hydroxylation sites is 4. The first-order chi connectivity index (χ1) is 31.2. The van der Waals surface area contributed by atoms with Crippen molar-refractivity contribution in [1.29, 1.82) is 0 Å². The number of fused-ring (bicyclic) bond motifs is 9. The van der Waals surface area contributed by atoms with Crippen LogP contribution in [0, 0.1) is 0 Å². The molecule has 0 aliphatic rings. The third-order valence-corrected chi connectivity index (χ3v) is 12.5. The molecule has 0 atom stereocenters. The van der Waals surface area contributed by atoms with Gasteiger partial charge in [0.1, 0.15) is 5.84 Å². The predicted octanol–water partition coefficient (Wildman–Crippen LogP) is 14.1. The number of benzene rings is 9. The van der Waals surface area contributed by atoms with E-state index in [9.17, 15) is 0 Å². The van der Waals surface area contributed by atoms with Gasteiger partial charge in [-0.3, -0.25) is 9.56 Å². The van der Waals surface area contributed by atoms with Crippen LogP contribution in [0.15, 0.2) is 229 Å². The van der Waals surface area contributed by atoms with Gasteiger partial charge in [0, 0.05) is 55.5 Å². The summed E-state index contributed by atoms with van der Waals surface area (Å²) in [5.41, 5.74) is 21.0. The third kappa shape index (κ3) is 6.13. The maximum atomic E-state index is 6.94. The third-order valence-electron chi connectivity index (χ3n) is 12.5. The van der Waals surface area contributed by atoms with Gasteiger partial charge in [-0.15, -0.1) is 0 Å². The van der Waals surface area contributed by atoms with Gasteiger partial charge in [-0.2, -0.15) is 0 Å². The van der Waals surface area contributed by atoms with Crippen LogP contribution in [0.3, 0.4) is 0 Å². The molecular formula is C58H41N5. The molecule has 0 aliphatic heterocycles. The Morgan fingerprint density at radius 2 is 0.841 bits per heavy atom. The van der Waals surface area contributed by atoms with Crippen molar-refractivity contribution in [3.8, 4) is 22.5 Å². The number of aromatic nitrogens is 3. The normalized spacial score (nSPS) is 12.4. The van der Waals surface area contributed by atoms with Crippen molar-refractivity contribution >= 4 is 77.0 Å². The quantitative estimate of drug-likeness (QED) is 0.127. The number of aliphatic imine (C=N–C) groups is 1. The molecule has 5 nitrogen and oxygen atoms in total. The second kappa shape index (κ2) is 14.9. The number of nitrogens with zero attached hydrogens (tertiary/aromatic N) is 4. The van der Waals surface area contributed by atoms with Gasteiger partial charge in [0.25, 0.3) is 0 Å². The molecule has 9 aromatic carbocycles. The lowest BCUT2D eigenvalue weighted by Crippen LogP contribution is -2.12. The van der Waals surface area contributed by atoms with Crippen LogP contribution in [0.25, 0.3) is 93.6 Å². The smallest absolute Gasteiger partial charge is 0.135 e. The summed E-state index contributed by atoms with van der Waals surface area (Å²) in [4.78, 5) is 5.34. The van der Waals surface area contributed by atoms with Crippen molar-refractivity contribution in [2.75, 3.05) is 0 Å². The fourth-order valence-electron chi connectivity index (χ4n) is 9.57. The first-order valence-corrected chi connectivity index (χ1v) is 21.5. The van der Waals surface area contributed by atoms with Crippen LogP contribution in [0.5, 0.6) is 0 Å². The molecule has 0 radical (unpaired) electrons. The molecular weight excluding hydrogens is 767 g/mol. The van der Waals surface area contributed by atoms with Crippen LogP contribution >= 0.6 is 0 Å². The molecule has 298 valence electrons. The van der Waals surface area contributed by atoms with Gasteiger partial charge in [0.2, 0.25) is 0 Å². The lowest BCUT2D eigenvalue weighted by atomic mass is 10.0. The molecule has 0 spiro atoms. The molecule has 0 saturated heterocycles. The van der Waals surface area contributed by atoms with Crippen LogP contribution < -0.4 is 5.73 Å². The summed E-state index contributed by atoms with van der Waals surface area (Å²) < 4.78 is 7.05. The van der Waals surface area contributed by atoms with Gasteiger partial charge in [-0.05, 0) is 95.1 Å². The minimum atomic E-state index is 0.504. The summed E-state index contributed by atoms with van der Waals surface area (Å²) in [7, 11) is 0. The van der Waals surface area contributed by atoms with E-state index in [1.807, 2.05) is 42.5 Å². The van der Waals surface area contributed by atoms with E-state index in [4.69, 9.17) is 10.7 Å². The summed E-state index contributed by atoms with van der Waals surface area (Å²) in [5, 5.41) is 7.19. The van der Waals surface area contributed by atoms with Crippen LogP contribution in [-0.4, -0.2) is 19.5 Å². The molecule has 0 aliphatic carbocycles. The van der Waals surface area contributed by atoms with E-state index >= 15 is 0 Å². The van der Waals surface area contributed by atoms with Gasteiger partial charge in [0.15, 0.2) is 0 Å². The Hall–Kier alpha value is -8.41. The fraction of sp³-hybridized carbons (Fsp3) is 0.0172. The number of hydrogen-bond acceptors (Lipinski definition) is 2. The monoisotopic (exact) mass is 807 g/mol. The van der Waals surface area contributed by atoms with Gasteiger partial charge in [0.05, 0.1) is 39.6 Å². The van der Waals surface area contributed by atoms with E-state index < -0.39 is 0 Å². The number of rotatable bonds is 7. The molecule has 0 saturated carbocycles. The van der Waals surface area contributed by atoms with Gasteiger partial charge < -0.3 is 14.9 Å². The standard InChI is InChI=1S/C58H41N5/c59-51(40-18-6-2-7-19-40)37-58(60-38-39-16-4-1-5-17-39)63-56-32-29-42(41-28-31-55-48(34-41)47-24-12-15-27-54(47)61(55)43-20-8-3-9-21-43)35-49(56)50-36-44(30-33-57(50)63)62-52-25-13-10-22-45(52)46-23-11-14-26-53(46)62/h1-37H,38,59H2/b51-37-,60-58+.